The molecule has 3 aromatic rings. The Morgan fingerprint density at radius 2 is 0.945 bits per heavy atom. The highest BCUT2D eigenvalue weighted by atomic mass is 28.5. The van der Waals surface area contributed by atoms with Crippen LogP contribution < -0.4 is 18.9 Å². The molecule has 2 aliphatic carbocycles. The van der Waals surface area contributed by atoms with Gasteiger partial charge >= 0.3 is 35.0 Å². The standard InChI is InChI=1S/C55H88O12Si6/c1-68(2,3)64-72(11,12)66-70(7,8)37-21-17-15-19-35-59-48-29-25-44(26-30-48)53(56)62-50-33-34-52(47(41-50)42-61-55(58)51-40-43-23-24-46(51)39-43)63-54(57)45-27-31-49(32-28-45)60-36-20-16-18-22-38-71(9,10)67-73(13,14)65-69(4,5)6/h23-34,41,43,46,51H,15-22,35-40,42H2,1-14H3. The van der Waals surface area contributed by atoms with Gasteiger partial charge in [0.2, 0.25) is 0 Å². The minimum Gasteiger partial charge on any atom is -0.494 e. The van der Waals surface area contributed by atoms with E-state index in [1.165, 1.54) is 0 Å². The first-order valence-corrected chi connectivity index (χ1v) is 45.4. The zero-order chi connectivity index (χ0) is 53.7. The van der Waals surface area contributed by atoms with Crippen molar-refractivity contribution >= 4 is 68.3 Å². The Morgan fingerprint density at radius 3 is 1.38 bits per heavy atom. The van der Waals surface area contributed by atoms with E-state index in [1.807, 2.05) is 0 Å². The average Bonchev–Trinajstić information content (AvgIpc) is 3.91. The zero-order valence-corrected chi connectivity index (χ0v) is 52.7. The summed E-state index contributed by atoms with van der Waals surface area (Å²) in [6.45, 7) is 32.3. The number of esters is 3. The van der Waals surface area contributed by atoms with Gasteiger partial charge in [0.05, 0.1) is 30.3 Å². The predicted molar refractivity (Wildman–Crippen MR) is 306 cm³/mol. The molecule has 0 aromatic heterocycles. The Balaban J connectivity index is 1.08. The van der Waals surface area contributed by atoms with E-state index in [9.17, 15) is 14.4 Å². The molecule has 2 aliphatic rings. The fourth-order valence-electron chi connectivity index (χ4n) is 10.2. The van der Waals surface area contributed by atoms with Crippen molar-refractivity contribution in [3.63, 3.8) is 0 Å². The van der Waals surface area contributed by atoms with Crippen molar-refractivity contribution in [2.24, 2.45) is 17.8 Å². The molecule has 1 saturated carbocycles. The molecule has 1 fully saturated rings. The third-order valence-electron chi connectivity index (χ3n) is 12.6. The number of unbranched alkanes of at least 4 members (excludes halogenated alkanes) is 6. The van der Waals surface area contributed by atoms with Crippen molar-refractivity contribution < 1.29 is 54.5 Å². The molecule has 0 saturated heterocycles. The van der Waals surface area contributed by atoms with E-state index >= 15 is 0 Å². The summed E-state index contributed by atoms with van der Waals surface area (Å²) in [5, 5.41) is 0. The van der Waals surface area contributed by atoms with Gasteiger partial charge in [0, 0.05) is 5.56 Å². The number of carbonyl (C=O) groups excluding carboxylic acids is 3. The van der Waals surface area contributed by atoms with Crippen LogP contribution in [0.25, 0.3) is 0 Å². The quantitative estimate of drug-likeness (QED) is 0.0200. The fraction of sp³-hybridized carbons (Fsp3) is 0.582. The van der Waals surface area contributed by atoms with Crippen molar-refractivity contribution in [1.82, 2.24) is 0 Å². The number of hydrogen-bond donors (Lipinski definition) is 0. The third-order valence-corrected chi connectivity index (χ3v) is 32.9. The van der Waals surface area contributed by atoms with Gasteiger partial charge in [0.15, 0.2) is 33.3 Å². The highest BCUT2D eigenvalue weighted by Crippen LogP contribution is 2.44. The maximum atomic E-state index is 13.5. The first-order chi connectivity index (χ1) is 34.0. The Kier molecular flexibility index (Phi) is 22.0. The Hall–Kier alpha value is -3.45. The maximum Gasteiger partial charge on any atom is 0.343 e. The summed E-state index contributed by atoms with van der Waals surface area (Å²) in [5.41, 5.74) is 1.07. The lowest BCUT2D eigenvalue weighted by molar-refractivity contribution is -0.150. The normalized spacial score (nSPS) is 17.2. The summed E-state index contributed by atoms with van der Waals surface area (Å²) in [7, 11) is -11.2. The highest BCUT2D eigenvalue weighted by Gasteiger charge is 2.41. The Bertz CT molecular complexity index is 2290. The van der Waals surface area contributed by atoms with Gasteiger partial charge < -0.3 is 40.1 Å². The van der Waals surface area contributed by atoms with Crippen molar-refractivity contribution in [2.75, 3.05) is 13.2 Å². The molecule has 3 atom stereocenters. The van der Waals surface area contributed by atoms with Crippen molar-refractivity contribution in [3.8, 4) is 23.0 Å². The lowest BCUT2D eigenvalue weighted by Gasteiger charge is -2.37. The number of allylic oxidation sites excluding steroid dienone is 2. The molecule has 5 rings (SSSR count). The molecule has 18 heteroatoms. The second-order valence-corrected chi connectivity index (χ2v) is 49.4. The van der Waals surface area contributed by atoms with Crippen LogP contribution in [0.5, 0.6) is 23.0 Å². The van der Waals surface area contributed by atoms with Gasteiger partial charge in [-0.3, -0.25) is 4.79 Å². The molecule has 2 bridgehead atoms. The van der Waals surface area contributed by atoms with Crippen LogP contribution in [0.2, 0.25) is 104 Å². The molecule has 0 heterocycles. The molecule has 0 aliphatic heterocycles. The number of hydrogen-bond acceptors (Lipinski definition) is 12. The van der Waals surface area contributed by atoms with Crippen molar-refractivity contribution in [2.45, 2.75) is 175 Å². The number of fused-ring (bicyclic) bond motifs is 2. The molecule has 404 valence electrons. The third kappa shape index (κ3) is 22.0. The van der Waals surface area contributed by atoms with E-state index in [0.717, 1.165) is 76.3 Å². The van der Waals surface area contributed by atoms with Crippen LogP contribution in [0.3, 0.4) is 0 Å². The van der Waals surface area contributed by atoms with E-state index < -0.39 is 62.3 Å². The molecule has 12 nitrogen and oxygen atoms in total. The van der Waals surface area contributed by atoms with Gasteiger partial charge in [0.25, 0.3) is 0 Å². The Morgan fingerprint density at radius 1 is 0.493 bits per heavy atom. The minimum atomic E-state index is -2.14. The summed E-state index contributed by atoms with van der Waals surface area (Å²) in [4.78, 5) is 40.1. The molecule has 0 N–H and O–H groups in total. The lowest BCUT2D eigenvalue weighted by atomic mass is 9.94. The zero-order valence-electron chi connectivity index (χ0n) is 46.7. The van der Waals surface area contributed by atoms with Gasteiger partial charge in [-0.1, -0.05) is 50.7 Å². The fourth-order valence-corrected chi connectivity index (χ4v) is 36.7. The molecule has 73 heavy (non-hydrogen) atoms. The predicted octanol–water partition coefficient (Wildman–Crippen LogP) is 14.8. The molecule has 0 amide bonds. The second-order valence-electron chi connectivity index (χ2n) is 24.1. The van der Waals surface area contributed by atoms with Crippen LogP contribution in [0.15, 0.2) is 78.9 Å². The summed E-state index contributed by atoms with van der Waals surface area (Å²) < 4.78 is 55.7. The van der Waals surface area contributed by atoms with E-state index in [2.05, 4.69) is 104 Å². The van der Waals surface area contributed by atoms with E-state index in [0.29, 0.717) is 47.3 Å². The Labute approximate surface area is 444 Å². The van der Waals surface area contributed by atoms with Gasteiger partial charge in [-0.15, -0.1) is 0 Å². The molecule has 3 unspecified atom stereocenters. The second kappa shape index (κ2) is 26.5. The van der Waals surface area contributed by atoms with Crippen LogP contribution in [0.1, 0.15) is 90.5 Å². The van der Waals surface area contributed by atoms with E-state index in [4.69, 9.17) is 40.1 Å². The smallest absolute Gasteiger partial charge is 0.343 e. The van der Waals surface area contributed by atoms with Crippen LogP contribution in [-0.2, 0) is 32.6 Å². The average molecular weight is 1110 g/mol. The van der Waals surface area contributed by atoms with Crippen molar-refractivity contribution in [1.29, 1.82) is 0 Å². The first kappa shape index (κ1) is 60.4. The molecular weight excluding hydrogens is 1020 g/mol. The van der Waals surface area contributed by atoms with Crippen molar-refractivity contribution in [3.05, 3.63) is 95.6 Å². The van der Waals surface area contributed by atoms with E-state index in [1.54, 1.807) is 66.7 Å². The van der Waals surface area contributed by atoms with Gasteiger partial charge in [-0.05, 0) is 208 Å². The topological polar surface area (TPSA) is 134 Å². The van der Waals surface area contributed by atoms with Crippen LogP contribution in [0.4, 0.5) is 0 Å². The van der Waals surface area contributed by atoms with Gasteiger partial charge in [0.1, 0.15) is 29.6 Å². The van der Waals surface area contributed by atoms with Crippen LogP contribution in [-0.4, -0.2) is 81.5 Å². The summed E-state index contributed by atoms with van der Waals surface area (Å²) in [6.07, 6.45) is 14.5. The van der Waals surface area contributed by atoms with Crippen LogP contribution in [0, 0.1) is 17.8 Å². The van der Waals surface area contributed by atoms with Gasteiger partial charge in [-0.2, -0.15) is 0 Å². The number of benzene rings is 3. The molecule has 0 radical (unpaired) electrons. The molecule has 3 aromatic carbocycles. The monoisotopic (exact) mass is 1110 g/mol. The molecule has 0 spiro atoms. The van der Waals surface area contributed by atoms with Crippen LogP contribution >= 0.6 is 0 Å². The summed E-state index contributed by atoms with van der Waals surface area (Å²) in [5.74, 6) is 0.692. The van der Waals surface area contributed by atoms with Gasteiger partial charge in [-0.25, -0.2) is 9.59 Å². The number of carbonyl (C=O) groups is 3. The number of ether oxygens (including phenoxy) is 5. The summed E-state index contributed by atoms with van der Waals surface area (Å²) >= 11 is 0. The molecular formula is C55H88O12Si6. The SMILES string of the molecule is C[Si](C)(C)O[Si](C)(C)O[Si](C)(C)CCCCCCOc1ccc(C(=O)Oc2ccc(OC(=O)c3ccc(OCCCCCC[Si](C)(C)O[Si](C)(C)O[Si](C)(C)C)cc3)c(COC(=O)C3CC4C=CC3C4)c2)cc1. The lowest BCUT2D eigenvalue weighted by Crippen LogP contribution is -2.51. The van der Waals surface area contributed by atoms with E-state index in [-0.39, 0.29) is 35.9 Å². The minimum absolute atomic E-state index is 0.160. The largest absolute Gasteiger partial charge is 0.494 e. The maximum absolute atomic E-state index is 13.5. The summed E-state index contributed by atoms with van der Waals surface area (Å²) in [6, 6.07) is 20.7. The number of rotatable bonds is 31. The first-order valence-electron chi connectivity index (χ1n) is 26.7. The highest BCUT2D eigenvalue weighted by molar-refractivity contribution is 6.88.